The third kappa shape index (κ3) is 2.77. The third-order valence-electron chi connectivity index (χ3n) is 6.34. The molecule has 3 saturated carbocycles. The zero-order valence-electron chi connectivity index (χ0n) is 13.1. The summed E-state index contributed by atoms with van der Waals surface area (Å²) in [5, 5.41) is 2.90. The molecule has 1 aliphatic heterocycles. The van der Waals surface area contributed by atoms with Crippen LogP contribution in [0.4, 0.5) is 8.78 Å². The van der Waals surface area contributed by atoms with Crippen LogP contribution in [0.5, 0.6) is 0 Å². The highest BCUT2D eigenvalue weighted by Gasteiger charge is 2.52. The van der Waals surface area contributed by atoms with Gasteiger partial charge in [0.1, 0.15) is 0 Å². The maximum Gasteiger partial charge on any atom is 0.252 e. The summed E-state index contributed by atoms with van der Waals surface area (Å²) in [6.45, 7) is 3.36. The van der Waals surface area contributed by atoms with Gasteiger partial charge < -0.3 is 10.2 Å². The summed E-state index contributed by atoms with van der Waals surface area (Å²) in [7, 11) is 0. The van der Waals surface area contributed by atoms with Gasteiger partial charge in [0, 0.05) is 37.9 Å². The fourth-order valence-corrected chi connectivity index (χ4v) is 4.91. The van der Waals surface area contributed by atoms with E-state index in [1.54, 1.807) is 0 Å². The highest BCUT2D eigenvalue weighted by Crippen LogP contribution is 2.50. The maximum atomic E-state index is 12.9. The van der Waals surface area contributed by atoms with Gasteiger partial charge in [-0.15, -0.1) is 0 Å². The van der Waals surface area contributed by atoms with Crippen molar-refractivity contribution in [2.24, 2.45) is 17.3 Å². The summed E-state index contributed by atoms with van der Waals surface area (Å²) < 4.78 is 25.9. The van der Waals surface area contributed by atoms with Crippen LogP contribution in [0.25, 0.3) is 0 Å². The molecule has 0 aromatic heterocycles. The van der Waals surface area contributed by atoms with Crippen LogP contribution >= 0.6 is 0 Å². The first-order valence-electron chi connectivity index (χ1n) is 8.86. The van der Waals surface area contributed by atoms with Crippen molar-refractivity contribution in [1.29, 1.82) is 0 Å². The lowest BCUT2D eigenvalue weighted by Crippen LogP contribution is -2.53. The van der Waals surface area contributed by atoms with Crippen molar-refractivity contribution in [2.75, 3.05) is 19.6 Å². The monoisotopic (exact) mass is 312 g/mol. The van der Waals surface area contributed by atoms with Crippen molar-refractivity contribution in [3.63, 3.8) is 0 Å². The van der Waals surface area contributed by atoms with Crippen LogP contribution < -0.4 is 5.32 Å². The van der Waals surface area contributed by atoms with E-state index in [0.717, 1.165) is 44.7 Å². The normalized spacial score (nSPS) is 38.4. The summed E-state index contributed by atoms with van der Waals surface area (Å²) >= 11 is 0. The van der Waals surface area contributed by atoms with Crippen LogP contribution in [0.2, 0.25) is 0 Å². The van der Waals surface area contributed by atoms with Crippen LogP contribution in [0, 0.1) is 17.3 Å². The lowest BCUT2D eigenvalue weighted by molar-refractivity contribution is -0.135. The standard InChI is InChI=1S/C17H26F2N2O/c18-17(19)8-13(9-17)20-15(22)14-2-1-5-16(14)6-7-21(11-16)10-12-3-4-12/h12-14H,1-11H2,(H,20,22)/t14-,16-/m0/s1. The molecule has 2 atom stereocenters. The molecule has 0 aromatic rings. The van der Waals surface area contributed by atoms with Gasteiger partial charge in [-0.1, -0.05) is 6.42 Å². The Morgan fingerprint density at radius 1 is 1.18 bits per heavy atom. The van der Waals surface area contributed by atoms with Crippen LogP contribution in [0.3, 0.4) is 0 Å². The van der Waals surface area contributed by atoms with Crippen LogP contribution in [-0.2, 0) is 4.79 Å². The first kappa shape index (κ1) is 14.9. The number of nitrogens with zero attached hydrogens (tertiary/aromatic N) is 1. The number of halogens is 2. The van der Waals surface area contributed by atoms with Gasteiger partial charge in [-0.05, 0) is 50.0 Å². The molecular weight excluding hydrogens is 286 g/mol. The van der Waals surface area contributed by atoms with Gasteiger partial charge in [0.15, 0.2) is 0 Å². The molecule has 3 aliphatic carbocycles. The molecule has 1 heterocycles. The largest absolute Gasteiger partial charge is 0.353 e. The van der Waals surface area contributed by atoms with Crippen LogP contribution in [-0.4, -0.2) is 42.4 Å². The Morgan fingerprint density at radius 2 is 1.95 bits per heavy atom. The SMILES string of the molecule is O=C(NC1CC(F)(F)C1)[C@@H]1CCC[C@@]12CCN(CC1CC1)C2. The Labute approximate surface area is 130 Å². The molecule has 1 N–H and O–H groups in total. The van der Waals surface area contributed by atoms with E-state index < -0.39 is 5.92 Å². The Morgan fingerprint density at radius 3 is 2.64 bits per heavy atom. The molecule has 1 amide bonds. The van der Waals surface area contributed by atoms with Gasteiger partial charge in [-0.2, -0.15) is 0 Å². The molecule has 4 rings (SSSR count). The molecule has 4 fully saturated rings. The van der Waals surface area contributed by atoms with Crippen molar-refractivity contribution >= 4 is 5.91 Å². The van der Waals surface area contributed by atoms with Gasteiger partial charge in [0.25, 0.3) is 5.92 Å². The quantitative estimate of drug-likeness (QED) is 0.866. The number of nitrogens with one attached hydrogen (secondary N) is 1. The number of hydrogen-bond acceptors (Lipinski definition) is 2. The fourth-order valence-electron chi connectivity index (χ4n) is 4.91. The number of likely N-dealkylation sites (tertiary alicyclic amines) is 1. The van der Waals surface area contributed by atoms with E-state index >= 15 is 0 Å². The minimum Gasteiger partial charge on any atom is -0.353 e. The van der Waals surface area contributed by atoms with E-state index in [1.807, 2.05) is 0 Å². The molecule has 1 spiro atoms. The molecule has 4 aliphatic rings. The summed E-state index contributed by atoms with van der Waals surface area (Å²) in [5.74, 6) is -1.57. The van der Waals surface area contributed by atoms with E-state index in [9.17, 15) is 13.6 Å². The lowest BCUT2D eigenvalue weighted by atomic mass is 9.76. The summed E-state index contributed by atoms with van der Waals surface area (Å²) in [5.41, 5.74) is 0.130. The highest BCUT2D eigenvalue weighted by atomic mass is 19.3. The van der Waals surface area contributed by atoms with Gasteiger partial charge in [-0.25, -0.2) is 8.78 Å². The Hall–Kier alpha value is -0.710. The molecule has 0 aromatic carbocycles. The van der Waals surface area contributed by atoms with E-state index in [-0.39, 0.29) is 36.1 Å². The molecule has 0 radical (unpaired) electrons. The molecule has 1 saturated heterocycles. The summed E-state index contributed by atoms with van der Waals surface area (Å²) in [6, 6.07) is -0.302. The Balaban J connectivity index is 1.35. The molecular formula is C17H26F2N2O. The lowest BCUT2D eigenvalue weighted by Gasteiger charge is -2.38. The Kier molecular flexibility index (Phi) is 3.48. The molecule has 3 nitrogen and oxygen atoms in total. The smallest absolute Gasteiger partial charge is 0.252 e. The maximum absolute atomic E-state index is 12.9. The number of carbonyl (C=O) groups is 1. The second kappa shape index (κ2) is 5.15. The summed E-state index contributed by atoms with van der Waals surface area (Å²) in [4.78, 5) is 15.1. The van der Waals surface area contributed by atoms with Gasteiger partial charge >= 0.3 is 0 Å². The average molecular weight is 312 g/mol. The number of hydrogen-bond donors (Lipinski definition) is 1. The second-order valence-electron chi connectivity index (χ2n) is 8.21. The first-order valence-corrected chi connectivity index (χ1v) is 8.86. The molecule has 124 valence electrons. The minimum absolute atomic E-state index is 0.0472. The molecule has 22 heavy (non-hydrogen) atoms. The average Bonchev–Trinajstić information content (AvgIpc) is 2.99. The highest BCUT2D eigenvalue weighted by molar-refractivity contribution is 5.80. The predicted octanol–water partition coefficient (Wildman–Crippen LogP) is 2.80. The minimum atomic E-state index is -2.56. The number of carbonyl (C=O) groups excluding carboxylic acids is 1. The van der Waals surface area contributed by atoms with Crippen molar-refractivity contribution in [1.82, 2.24) is 10.2 Å². The van der Waals surface area contributed by atoms with Crippen LogP contribution in [0.1, 0.15) is 51.4 Å². The van der Waals surface area contributed by atoms with E-state index in [1.165, 1.54) is 19.4 Å². The van der Waals surface area contributed by atoms with Gasteiger partial charge in [-0.3, -0.25) is 4.79 Å². The van der Waals surface area contributed by atoms with E-state index in [4.69, 9.17) is 0 Å². The second-order valence-corrected chi connectivity index (χ2v) is 8.21. The van der Waals surface area contributed by atoms with Gasteiger partial charge in [0.05, 0.1) is 0 Å². The predicted molar refractivity (Wildman–Crippen MR) is 79.7 cm³/mol. The van der Waals surface area contributed by atoms with Crippen molar-refractivity contribution in [3.05, 3.63) is 0 Å². The first-order chi connectivity index (χ1) is 10.5. The topological polar surface area (TPSA) is 32.3 Å². The Bertz CT molecular complexity index is 458. The zero-order valence-corrected chi connectivity index (χ0v) is 13.1. The zero-order chi connectivity index (χ0) is 15.4. The van der Waals surface area contributed by atoms with E-state index in [0.29, 0.717) is 0 Å². The van der Waals surface area contributed by atoms with E-state index in [2.05, 4.69) is 10.2 Å². The number of amides is 1. The molecule has 0 bridgehead atoms. The van der Waals surface area contributed by atoms with Gasteiger partial charge in [0.2, 0.25) is 5.91 Å². The number of alkyl halides is 2. The molecule has 5 heteroatoms. The third-order valence-corrected chi connectivity index (χ3v) is 6.34. The molecule has 0 unspecified atom stereocenters. The number of rotatable bonds is 4. The van der Waals surface area contributed by atoms with Crippen molar-refractivity contribution in [2.45, 2.75) is 63.3 Å². The van der Waals surface area contributed by atoms with Crippen molar-refractivity contribution in [3.8, 4) is 0 Å². The van der Waals surface area contributed by atoms with Crippen LogP contribution in [0.15, 0.2) is 0 Å². The summed E-state index contributed by atoms with van der Waals surface area (Å²) in [6.07, 6.45) is 6.67. The fraction of sp³-hybridized carbons (Fsp3) is 0.941. The van der Waals surface area contributed by atoms with Crippen molar-refractivity contribution < 1.29 is 13.6 Å².